The second-order valence-electron chi connectivity index (χ2n) is 4.51. The lowest BCUT2D eigenvalue weighted by atomic mass is 9.91. The van der Waals surface area contributed by atoms with Gasteiger partial charge in [-0.15, -0.1) is 0 Å². The highest BCUT2D eigenvalue weighted by atomic mass is 16.6. The Kier molecular flexibility index (Phi) is 3.10. The molecule has 0 bridgehead atoms. The van der Waals surface area contributed by atoms with E-state index in [-0.39, 0.29) is 30.2 Å². The third-order valence-electron chi connectivity index (χ3n) is 3.04. The summed E-state index contributed by atoms with van der Waals surface area (Å²) in [5.74, 6) is -0.191. The first-order chi connectivity index (χ1) is 7.16. The van der Waals surface area contributed by atoms with Gasteiger partial charge in [-0.05, 0) is 26.7 Å². The highest BCUT2D eigenvalue weighted by Gasteiger charge is 2.34. The minimum Gasteiger partial charge on any atom is -0.462 e. The Balaban J connectivity index is 2.14. The summed E-state index contributed by atoms with van der Waals surface area (Å²) in [6, 6.07) is 0. The van der Waals surface area contributed by atoms with Crippen molar-refractivity contribution >= 4 is 5.97 Å². The zero-order valence-corrected chi connectivity index (χ0v) is 9.31. The zero-order valence-electron chi connectivity index (χ0n) is 9.31. The Labute approximate surface area is 90.4 Å². The van der Waals surface area contributed by atoms with Gasteiger partial charge in [0, 0.05) is 6.42 Å². The van der Waals surface area contributed by atoms with Gasteiger partial charge in [-0.25, -0.2) is 0 Å². The van der Waals surface area contributed by atoms with E-state index in [2.05, 4.69) is 6.08 Å². The molecule has 0 radical (unpaired) electrons. The third kappa shape index (κ3) is 2.40. The topological polar surface area (TPSA) is 35.5 Å². The van der Waals surface area contributed by atoms with Crippen molar-refractivity contribution in [3.8, 4) is 0 Å². The maximum Gasteiger partial charge on any atom is 0.312 e. The van der Waals surface area contributed by atoms with E-state index >= 15 is 0 Å². The molecule has 0 saturated carbocycles. The predicted octanol–water partition coefficient (Wildman–Crippen LogP) is 2.06. The Bertz CT molecular complexity index is 272. The molecule has 0 aromatic rings. The van der Waals surface area contributed by atoms with E-state index in [9.17, 15) is 4.79 Å². The molecule has 15 heavy (non-hydrogen) atoms. The molecule has 4 atom stereocenters. The van der Waals surface area contributed by atoms with E-state index in [1.54, 1.807) is 0 Å². The molecule has 1 aliphatic carbocycles. The molecule has 1 saturated heterocycles. The second-order valence-corrected chi connectivity index (χ2v) is 4.51. The number of carbonyl (C=O) groups excluding carboxylic acids is 1. The molecule has 0 aromatic heterocycles. The van der Waals surface area contributed by atoms with E-state index in [1.807, 2.05) is 19.9 Å². The van der Waals surface area contributed by atoms with Gasteiger partial charge in [0.25, 0.3) is 0 Å². The van der Waals surface area contributed by atoms with Crippen LogP contribution in [0.5, 0.6) is 0 Å². The van der Waals surface area contributed by atoms with Crippen LogP contribution in [0.15, 0.2) is 12.2 Å². The maximum absolute atomic E-state index is 11.8. The summed E-state index contributed by atoms with van der Waals surface area (Å²) in [5, 5.41) is 0. The van der Waals surface area contributed by atoms with E-state index in [1.165, 1.54) is 0 Å². The van der Waals surface area contributed by atoms with Crippen LogP contribution < -0.4 is 0 Å². The van der Waals surface area contributed by atoms with Gasteiger partial charge in [-0.3, -0.25) is 4.79 Å². The van der Waals surface area contributed by atoms with Gasteiger partial charge >= 0.3 is 5.97 Å². The molecule has 2 aliphatic rings. The van der Waals surface area contributed by atoms with Crippen LogP contribution in [0.3, 0.4) is 0 Å². The number of esters is 1. The number of hydrogen-bond donors (Lipinski definition) is 0. The van der Waals surface area contributed by atoms with Crippen molar-refractivity contribution in [2.45, 2.75) is 51.4 Å². The van der Waals surface area contributed by atoms with Crippen molar-refractivity contribution in [2.24, 2.45) is 5.92 Å². The molecule has 3 heteroatoms. The molecule has 0 spiro atoms. The Morgan fingerprint density at radius 2 is 2.13 bits per heavy atom. The van der Waals surface area contributed by atoms with Crippen LogP contribution >= 0.6 is 0 Å². The van der Waals surface area contributed by atoms with Gasteiger partial charge < -0.3 is 9.47 Å². The smallest absolute Gasteiger partial charge is 0.312 e. The van der Waals surface area contributed by atoms with Crippen LogP contribution in [0.2, 0.25) is 0 Å². The maximum atomic E-state index is 11.8. The van der Waals surface area contributed by atoms with Crippen molar-refractivity contribution < 1.29 is 14.3 Å². The number of carbonyl (C=O) groups is 1. The summed E-state index contributed by atoms with van der Waals surface area (Å²) in [5.41, 5.74) is 0. The quantitative estimate of drug-likeness (QED) is 0.453. The first-order valence-corrected chi connectivity index (χ1v) is 5.69. The molecule has 2 rings (SSSR count). The van der Waals surface area contributed by atoms with Gasteiger partial charge in [0.2, 0.25) is 0 Å². The van der Waals surface area contributed by atoms with Crippen LogP contribution in [0, 0.1) is 5.92 Å². The number of allylic oxidation sites excluding steroid dienone is 1. The molecule has 0 N–H and O–H groups in total. The summed E-state index contributed by atoms with van der Waals surface area (Å²) in [4.78, 5) is 11.8. The van der Waals surface area contributed by atoms with Crippen molar-refractivity contribution in [3.63, 3.8) is 0 Å². The predicted molar refractivity (Wildman–Crippen MR) is 56.4 cm³/mol. The first-order valence-electron chi connectivity index (χ1n) is 5.69. The molecule has 0 unspecified atom stereocenters. The lowest BCUT2D eigenvalue weighted by Crippen LogP contribution is -2.39. The number of fused-ring (bicyclic) bond motifs is 1. The van der Waals surface area contributed by atoms with Gasteiger partial charge in [0.1, 0.15) is 6.10 Å². The lowest BCUT2D eigenvalue weighted by Gasteiger charge is -2.33. The Morgan fingerprint density at radius 3 is 2.93 bits per heavy atom. The van der Waals surface area contributed by atoms with Crippen molar-refractivity contribution in [2.75, 3.05) is 0 Å². The molecule has 0 amide bonds. The highest BCUT2D eigenvalue weighted by Crippen LogP contribution is 2.27. The molecular weight excluding hydrogens is 192 g/mol. The molecule has 1 heterocycles. The molecular formula is C12H18O3. The number of rotatable bonds is 0. The molecule has 1 fully saturated rings. The van der Waals surface area contributed by atoms with Crippen LogP contribution in [0.25, 0.3) is 0 Å². The van der Waals surface area contributed by atoms with E-state index < -0.39 is 0 Å². The van der Waals surface area contributed by atoms with Crippen molar-refractivity contribution in [1.29, 1.82) is 0 Å². The number of hydrogen-bond acceptors (Lipinski definition) is 3. The SMILES string of the molecule is C[C@H]1C[C@H](C)O[C@H]2C=CCC[C@@H]2C(=O)O1. The summed E-state index contributed by atoms with van der Waals surface area (Å²) < 4.78 is 11.2. The highest BCUT2D eigenvalue weighted by molar-refractivity contribution is 5.74. The average Bonchev–Trinajstić information content (AvgIpc) is 2.16. The van der Waals surface area contributed by atoms with Gasteiger partial charge in [-0.2, -0.15) is 0 Å². The zero-order chi connectivity index (χ0) is 10.8. The normalized spacial score (nSPS) is 41.3. The minimum atomic E-state index is -0.0970. The Hall–Kier alpha value is -0.830. The summed E-state index contributed by atoms with van der Waals surface area (Å²) in [6.45, 7) is 3.96. The fraction of sp³-hybridized carbons (Fsp3) is 0.750. The van der Waals surface area contributed by atoms with Crippen LogP contribution in [-0.2, 0) is 14.3 Å². The number of cyclic esters (lactones) is 1. The second kappa shape index (κ2) is 4.35. The lowest BCUT2D eigenvalue weighted by molar-refractivity contribution is -0.168. The van der Waals surface area contributed by atoms with Crippen LogP contribution in [-0.4, -0.2) is 24.3 Å². The summed E-state index contributed by atoms with van der Waals surface area (Å²) >= 11 is 0. The fourth-order valence-electron chi connectivity index (χ4n) is 2.32. The van der Waals surface area contributed by atoms with E-state index in [4.69, 9.17) is 9.47 Å². The van der Waals surface area contributed by atoms with Crippen LogP contribution in [0.1, 0.15) is 33.1 Å². The fourth-order valence-corrected chi connectivity index (χ4v) is 2.32. The Morgan fingerprint density at radius 1 is 1.33 bits per heavy atom. The molecule has 1 aliphatic heterocycles. The summed E-state index contributed by atoms with van der Waals surface area (Å²) in [7, 11) is 0. The molecule has 0 aromatic carbocycles. The van der Waals surface area contributed by atoms with Gasteiger partial charge in [0.05, 0.1) is 18.1 Å². The van der Waals surface area contributed by atoms with Crippen LogP contribution in [0.4, 0.5) is 0 Å². The largest absolute Gasteiger partial charge is 0.462 e. The monoisotopic (exact) mass is 210 g/mol. The standard InChI is InChI=1S/C12H18O3/c1-8-7-9(2)15-12(13)10-5-3-4-6-11(10)14-8/h4,6,8-11H,3,5,7H2,1-2H3/t8-,9-,10-,11-/m0/s1. The number of ether oxygens (including phenoxy) is 2. The third-order valence-corrected chi connectivity index (χ3v) is 3.04. The van der Waals surface area contributed by atoms with E-state index in [0.29, 0.717) is 0 Å². The van der Waals surface area contributed by atoms with Gasteiger partial charge in [0.15, 0.2) is 0 Å². The first kappa shape index (κ1) is 10.7. The van der Waals surface area contributed by atoms with E-state index in [0.717, 1.165) is 19.3 Å². The van der Waals surface area contributed by atoms with Gasteiger partial charge in [-0.1, -0.05) is 12.2 Å². The summed E-state index contributed by atoms with van der Waals surface area (Å²) in [6.07, 6.45) is 6.72. The minimum absolute atomic E-state index is 0.0284. The van der Waals surface area contributed by atoms with Crippen molar-refractivity contribution in [1.82, 2.24) is 0 Å². The molecule has 3 nitrogen and oxygen atoms in total. The average molecular weight is 210 g/mol. The van der Waals surface area contributed by atoms with Crippen molar-refractivity contribution in [3.05, 3.63) is 12.2 Å². The molecule has 84 valence electrons.